The van der Waals surface area contributed by atoms with Crippen LogP contribution < -0.4 is 0 Å². The number of benzene rings is 1. The summed E-state index contributed by atoms with van der Waals surface area (Å²) in [5.41, 5.74) is 1.55. The first-order valence-corrected chi connectivity index (χ1v) is 6.37. The number of pyridine rings is 1. The van der Waals surface area contributed by atoms with Gasteiger partial charge in [-0.1, -0.05) is 28.1 Å². The van der Waals surface area contributed by atoms with Crippen molar-refractivity contribution < 1.29 is 4.79 Å². The zero-order chi connectivity index (χ0) is 13.0. The molecule has 2 rings (SSSR count). The number of hydrogen-bond acceptors (Lipinski definition) is 2. The van der Waals surface area contributed by atoms with Gasteiger partial charge in [-0.15, -0.1) is 0 Å². The average molecular weight is 305 g/mol. The molecular formula is C14H13BrN2O. The normalized spacial score (nSPS) is 10.1. The molecule has 1 aromatic carbocycles. The minimum Gasteiger partial charge on any atom is -0.336 e. The van der Waals surface area contributed by atoms with Crippen LogP contribution in [0.1, 0.15) is 16.1 Å². The smallest absolute Gasteiger partial charge is 0.253 e. The first-order chi connectivity index (χ1) is 8.66. The highest BCUT2D eigenvalue weighted by Crippen LogP contribution is 2.13. The van der Waals surface area contributed by atoms with Gasteiger partial charge in [0.1, 0.15) is 0 Å². The molecule has 0 spiro atoms. The van der Waals surface area contributed by atoms with E-state index in [4.69, 9.17) is 0 Å². The lowest BCUT2D eigenvalue weighted by molar-refractivity contribution is 0.0783. The Morgan fingerprint density at radius 3 is 2.78 bits per heavy atom. The monoisotopic (exact) mass is 304 g/mol. The van der Waals surface area contributed by atoms with Crippen molar-refractivity contribution in [1.29, 1.82) is 0 Å². The largest absolute Gasteiger partial charge is 0.336 e. The fourth-order valence-corrected chi connectivity index (χ4v) is 2.05. The van der Waals surface area contributed by atoms with Gasteiger partial charge in [-0.05, 0) is 30.3 Å². The second-order valence-corrected chi connectivity index (χ2v) is 4.91. The third-order valence-corrected chi connectivity index (χ3v) is 3.04. The Morgan fingerprint density at radius 1 is 1.28 bits per heavy atom. The number of amides is 1. The highest BCUT2D eigenvalue weighted by Gasteiger charge is 2.12. The van der Waals surface area contributed by atoms with E-state index in [0.29, 0.717) is 12.1 Å². The summed E-state index contributed by atoms with van der Waals surface area (Å²) < 4.78 is 0.902. The van der Waals surface area contributed by atoms with Gasteiger partial charge >= 0.3 is 0 Å². The number of aromatic nitrogens is 1. The molecule has 0 radical (unpaired) electrons. The van der Waals surface area contributed by atoms with Crippen LogP contribution in [0.25, 0.3) is 0 Å². The van der Waals surface area contributed by atoms with Gasteiger partial charge in [-0.25, -0.2) is 0 Å². The van der Waals surface area contributed by atoms with Gasteiger partial charge in [0.25, 0.3) is 5.91 Å². The van der Waals surface area contributed by atoms with Crippen molar-refractivity contribution >= 4 is 21.8 Å². The van der Waals surface area contributed by atoms with Gasteiger partial charge in [-0.3, -0.25) is 9.78 Å². The number of carbonyl (C=O) groups is 1. The molecule has 92 valence electrons. The van der Waals surface area contributed by atoms with Crippen LogP contribution in [-0.2, 0) is 6.54 Å². The standard InChI is InChI=1S/C14H13BrN2O/c1-17(10-13-7-2-3-8-16-13)14(18)11-5-4-6-12(15)9-11/h2-9H,10H2,1H3. The second-order valence-electron chi connectivity index (χ2n) is 3.99. The minimum atomic E-state index is -0.0121. The predicted molar refractivity (Wildman–Crippen MR) is 74.2 cm³/mol. The predicted octanol–water partition coefficient (Wildman–Crippen LogP) is 3.12. The van der Waals surface area contributed by atoms with Crippen molar-refractivity contribution in [1.82, 2.24) is 9.88 Å². The van der Waals surface area contributed by atoms with Crippen LogP contribution in [0.5, 0.6) is 0 Å². The molecule has 0 saturated heterocycles. The van der Waals surface area contributed by atoms with Crippen molar-refractivity contribution in [2.45, 2.75) is 6.54 Å². The average Bonchev–Trinajstić information content (AvgIpc) is 2.39. The first kappa shape index (κ1) is 12.8. The molecule has 0 atom stereocenters. The fourth-order valence-electron chi connectivity index (χ4n) is 1.65. The zero-order valence-corrected chi connectivity index (χ0v) is 11.6. The molecular weight excluding hydrogens is 292 g/mol. The summed E-state index contributed by atoms with van der Waals surface area (Å²) in [6.07, 6.45) is 1.73. The van der Waals surface area contributed by atoms with Gasteiger partial charge in [0.15, 0.2) is 0 Å². The molecule has 0 aliphatic carbocycles. The van der Waals surface area contributed by atoms with E-state index in [2.05, 4.69) is 20.9 Å². The first-order valence-electron chi connectivity index (χ1n) is 5.58. The minimum absolute atomic E-state index is 0.0121. The number of halogens is 1. The van der Waals surface area contributed by atoms with Gasteiger partial charge in [0, 0.05) is 23.3 Å². The Hall–Kier alpha value is -1.68. The summed E-state index contributed by atoms with van der Waals surface area (Å²) in [5, 5.41) is 0. The van der Waals surface area contributed by atoms with Crippen LogP contribution in [0.2, 0.25) is 0 Å². The molecule has 0 bridgehead atoms. The number of nitrogens with zero attached hydrogens (tertiary/aromatic N) is 2. The van der Waals surface area contributed by atoms with Crippen LogP contribution in [0.3, 0.4) is 0 Å². The van der Waals surface area contributed by atoms with E-state index in [0.717, 1.165) is 10.2 Å². The number of hydrogen-bond donors (Lipinski definition) is 0. The van der Waals surface area contributed by atoms with E-state index < -0.39 is 0 Å². The van der Waals surface area contributed by atoms with E-state index in [1.54, 1.807) is 18.1 Å². The molecule has 0 aliphatic rings. The summed E-state index contributed by atoms with van der Waals surface area (Å²) in [7, 11) is 1.78. The quantitative estimate of drug-likeness (QED) is 0.873. The molecule has 0 aliphatic heterocycles. The molecule has 2 aromatic rings. The maximum absolute atomic E-state index is 12.2. The Bertz CT molecular complexity index is 543. The summed E-state index contributed by atoms with van der Waals surface area (Å²) in [6, 6.07) is 13.1. The number of carbonyl (C=O) groups excluding carboxylic acids is 1. The Kier molecular flexibility index (Phi) is 4.10. The van der Waals surface area contributed by atoms with Crippen molar-refractivity contribution in [3.8, 4) is 0 Å². The SMILES string of the molecule is CN(Cc1ccccn1)C(=O)c1cccc(Br)c1. The molecule has 0 fully saturated rings. The van der Waals surface area contributed by atoms with Crippen molar-refractivity contribution in [3.05, 3.63) is 64.4 Å². The Morgan fingerprint density at radius 2 is 2.11 bits per heavy atom. The number of rotatable bonds is 3. The Labute approximate surface area is 115 Å². The lowest BCUT2D eigenvalue weighted by Gasteiger charge is -2.16. The van der Waals surface area contributed by atoms with E-state index in [1.165, 1.54) is 0 Å². The van der Waals surface area contributed by atoms with Crippen LogP contribution in [0, 0.1) is 0 Å². The summed E-state index contributed by atoms with van der Waals surface area (Å²) >= 11 is 3.36. The van der Waals surface area contributed by atoms with Crippen LogP contribution in [0.15, 0.2) is 53.1 Å². The summed E-state index contributed by atoms with van der Waals surface area (Å²) in [6.45, 7) is 0.506. The van der Waals surface area contributed by atoms with E-state index in [-0.39, 0.29) is 5.91 Å². The molecule has 0 unspecified atom stereocenters. The third-order valence-electron chi connectivity index (χ3n) is 2.54. The lowest BCUT2D eigenvalue weighted by atomic mass is 10.2. The van der Waals surface area contributed by atoms with Gasteiger partial charge < -0.3 is 4.90 Å². The molecule has 4 heteroatoms. The fraction of sp³-hybridized carbons (Fsp3) is 0.143. The molecule has 0 N–H and O–H groups in total. The maximum atomic E-state index is 12.2. The van der Waals surface area contributed by atoms with Crippen molar-refractivity contribution in [2.24, 2.45) is 0 Å². The van der Waals surface area contributed by atoms with E-state index >= 15 is 0 Å². The lowest BCUT2D eigenvalue weighted by Crippen LogP contribution is -2.26. The van der Waals surface area contributed by atoms with Gasteiger partial charge in [0.2, 0.25) is 0 Å². The third kappa shape index (κ3) is 3.17. The van der Waals surface area contributed by atoms with E-state index in [1.807, 2.05) is 42.5 Å². The summed E-state index contributed by atoms with van der Waals surface area (Å²) in [4.78, 5) is 18.0. The van der Waals surface area contributed by atoms with Gasteiger partial charge in [-0.2, -0.15) is 0 Å². The van der Waals surface area contributed by atoms with Crippen molar-refractivity contribution in [3.63, 3.8) is 0 Å². The molecule has 1 amide bonds. The van der Waals surface area contributed by atoms with Crippen LogP contribution in [0.4, 0.5) is 0 Å². The molecule has 1 aromatic heterocycles. The summed E-state index contributed by atoms with van der Waals surface area (Å²) in [5.74, 6) is -0.0121. The highest BCUT2D eigenvalue weighted by molar-refractivity contribution is 9.10. The van der Waals surface area contributed by atoms with Crippen LogP contribution >= 0.6 is 15.9 Å². The molecule has 0 saturated carbocycles. The zero-order valence-electron chi connectivity index (χ0n) is 10.0. The maximum Gasteiger partial charge on any atom is 0.253 e. The van der Waals surface area contributed by atoms with Gasteiger partial charge in [0.05, 0.1) is 12.2 Å². The highest BCUT2D eigenvalue weighted by atomic mass is 79.9. The topological polar surface area (TPSA) is 33.2 Å². The second kappa shape index (κ2) is 5.78. The Balaban J connectivity index is 2.10. The molecule has 18 heavy (non-hydrogen) atoms. The van der Waals surface area contributed by atoms with Crippen molar-refractivity contribution in [2.75, 3.05) is 7.05 Å². The molecule has 1 heterocycles. The van der Waals surface area contributed by atoms with Crippen LogP contribution in [-0.4, -0.2) is 22.8 Å². The molecule has 3 nitrogen and oxygen atoms in total. The van der Waals surface area contributed by atoms with E-state index in [9.17, 15) is 4.79 Å².